The van der Waals surface area contributed by atoms with Crippen molar-refractivity contribution in [1.29, 1.82) is 0 Å². The predicted molar refractivity (Wildman–Crippen MR) is 82.0 cm³/mol. The van der Waals surface area contributed by atoms with Gasteiger partial charge in [0, 0.05) is 6.42 Å². The molecule has 0 spiro atoms. The summed E-state index contributed by atoms with van der Waals surface area (Å²) in [5.74, 6) is -2.57. The lowest BCUT2D eigenvalue weighted by molar-refractivity contribution is -0.143. The largest absolute Gasteiger partial charge is 0.298 e. The number of halogens is 1. The number of carbonyl (C=O) groups is 3. The van der Waals surface area contributed by atoms with Crippen LogP contribution in [0.1, 0.15) is 25.8 Å². The topological polar surface area (TPSA) is 51.2 Å². The number of ketones is 3. The van der Waals surface area contributed by atoms with Crippen LogP contribution in [0.15, 0.2) is 36.4 Å². The van der Waals surface area contributed by atoms with Crippen molar-refractivity contribution in [3.05, 3.63) is 42.0 Å². The molecule has 0 radical (unpaired) electrons. The van der Waals surface area contributed by atoms with Crippen LogP contribution in [0.25, 0.3) is 6.08 Å². The second-order valence-corrected chi connectivity index (χ2v) is 6.41. The summed E-state index contributed by atoms with van der Waals surface area (Å²) in [6, 6.07) is 9.23. The van der Waals surface area contributed by atoms with E-state index >= 15 is 0 Å². The number of alkyl halides is 1. The molecule has 0 heterocycles. The molecule has 4 heteroatoms. The Labute approximate surface area is 129 Å². The third-order valence-electron chi connectivity index (χ3n) is 3.70. The monoisotopic (exact) mass is 304 g/mol. The number of hydrogen-bond donors (Lipinski definition) is 0. The van der Waals surface area contributed by atoms with Crippen LogP contribution in [0.4, 0.5) is 0 Å². The molecular weight excluding hydrogens is 288 g/mol. The Morgan fingerprint density at radius 2 is 1.86 bits per heavy atom. The molecule has 21 heavy (non-hydrogen) atoms. The maximum Gasteiger partial charge on any atom is 0.173 e. The predicted octanol–water partition coefficient (Wildman–Crippen LogP) is 3.06. The molecule has 3 nitrogen and oxygen atoms in total. The number of hydrogen-bond acceptors (Lipinski definition) is 3. The first-order valence-electron chi connectivity index (χ1n) is 6.80. The minimum atomic E-state index is -1.25. The molecule has 1 aromatic rings. The SMILES string of the molecule is CC1(C)CC(=O)[C@H](C(=O)/C=C/c2ccccc2)C(=O)[C@H]1Cl. The number of allylic oxidation sites excluding steroid dienone is 1. The first-order chi connectivity index (χ1) is 9.83. The van der Waals surface area contributed by atoms with Gasteiger partial charge >= 0.3 is 0 Å². The van der Waals surface area contributed by atoms with Gasteiger partial charge < -0.3 is 0 Å². The molecule has 1 aliphatic rings. The van der Waals surface area contributed by atoms with Crippen molar-refractivity contribution in [2.24, 2.45) is 11.3 Å². The fraction of sp³-hybridized carbons (Fsp3) is 0.353. The van der Waals surface area contributed by atoms with Crippen LogP contribution in [0, 0.1) is 11.3 Å². The standard InChI is InChI=1S/C17H17ClO3/c1-17(2)10-13(20)14(15(21)16(17)18)12(19)9-8-11-6-4-3-5-7-11/h3-9,14,16H,10H2,1-2H3/b9-8+/t14-,16+/m0/s1. The van der Waals surface area contributed by atoms with E-state index in [1.54, 1.807) is 19.9 Å². The average Bonchev–Trinajstić information content (AvgIpc) is 2.43. The Kier molecular flexibility index (Phi) is 4.43. The van der Waals surface area contributed by atoms with Gasteiger partial charge in [-0.25, -0.2) is 0 Å². The van der Waals surface area contributed by atoms with Gasteiger partial charge in [-0.2, -0.15) is 0 Å². The molecule has 2 rings (SSSR count). The van der Waals surface area contributed by atoms with Gasteiger partial charge in [-0.1, -0.05) is 50.3 Å². The van der Waals surface area contributed by atoms with Crippen molar-refractivity contribution in [2.75, 3.05) is 0 Å². The molecule has 0 bridgehead atoms. The second kappa shape index (κ2) is 5.94. The van der Waals surface area contributed by atoms with Crippen LogP contribution in [-0.2, 0) is 14.4 Å². The third-order valence-corrected chi connectivity index (χ3v) is 4.50. The van der Waals surface area contributed by atoms with E-state index in [2.05, 4.69) is 0 Å². The first-order valence-corrected chi connectivity index (χ1v) is 7.24. The van der Waals surface area contributed by atoms with Crippen molar-refractivity contribution in [3.63, 3.8) is 0 Å². The van der Waals surface area contributed by atoms with Gasteiger partial charge in [-0.15, -0.1) is 11.6 Å². The van der Waals surface area contributed by atoms with Crippen LogP contribution in [0.3, 0.4) is 0 Å². The zero-order valence-electron chi connectivity index (χ0n) is 12.0. The molecule has 110 valence electrons. The molecule has 0 aliphatic heterocycles. The van der Waals surface area contributed by atoms with Crippen molar-refractivity contribution in [3.8, 4) is 0 Å². The number of rotatable bonds is 3. The fourth-order valence-corrected chi connectivity index (χ4v) is 2.67. The summed E-state index contributed by atoms with van der Waals surface area (Å²) in [6.07, 6.45) is 3.03. The minimum Gasteiger partial charge on any atom is -0.298 e. The molecule has 0 unspecified atom stereocenters. The summed E-state index contributed by atoms with van der Waals surface area (Å²) in [7, 11) is 0. The van der Waals surface area contributed by atoms with E-state index in [-0.39, 0.29) is 12.2 Å². The van der Waals surface area contributed by atoms with Gasteiger partial charge in [0.15, 0.2) is 17.3 Å². The van der Waals surface area contributed by atoms with Gasteiger partial charge in [0.25, 0.3) is 0 Å². The van der Waals surface area contributed by atoms with E-state index in [9.17, 15) is 14.4 Å². The Morgan fingerprint density at radius 3 is 2.48 bits per heavy atom. The Hall–Kier alpha value is -1.74. The zero-order chi connectivity index (χ0) is 15.6. The van der Waals surface area contributed by atoms with E-state index in [0.29, 0.717) is 0 Å². The molecule has 1 aliphatic carbocycles. The van der Waals surface area contributed by atoms with Crippen molar-refractivity contribution >= 4 is 35.0 Å². The van der Waals surface area contributed by atoms with Crippen molar-refractivity contribution in [1.82, 2.24) is 0 Å². The summed E-state index contributed by atoms with van der Waals surface area (Å²) in [5, 5.41) is -0.811. The number of Topliss-reactive ketones (excluding diaryl/α,β-unsaturated/α-hetero) is 2. The van der Waals surface area contributed by atoms with Crippen LogP contribution < -0.4 is 0 Å². The Bertz CT molecular complexity index is 602. The Morgan fingerprint density at radius 1 is 1.24 bits per heavy atom. The third kappa shape index (κ3) is 3.30. The molecule has 0 saturated heterocycles. The molecule has 1 aromatic carbocycles. The summed E-state index contributed by atoms with van der Waals surface area (Å²) in [6.45, 7) is 3.53. The maximum absolute atomic E-state index is 12.2. The maximum atomic E-state index is 12.2. The van der Waals surface area contributed by atoms with Gasteiger partial charge in [0.2, 0.25) is 0 Å². The Balaban J connectivity index is 2.18. The van der Waals surface area contributed by atoms with E-state index < -0.39 is 28.3 Å². The van der Waals surface area contributed by atoms with Crippen molar-refractivity contribution in [2.45, 2.75) is 25.6 Å². The number of carbonyl (C=O) groups excluding carboxylic acids is 3. The van der Waals surface area contributed by atoms with Gasteiger partial charge in [0.1, 0.15) is 5.92 Å². The van der Waals surface area contributed by atoms with Gasteiger partial charge in [-0.3, -0.25) is 14.4 Å². The van der Waals surface area contributed by atoms with Crippen molar-refractivity contribution < 1.29 is 14.4 Å². The smallest absolute Gasteiger partial charge is 0.173 e. The summed E-state index contributed by atoms with van der Waals surface area (Å²) < 4.78 is 0. The lowest BCUT2D eigenvalue weighted by atomic mass is 9.70. The van der Waals surface area contributed by atoms with Gasteiger partial charge in [0.05, 0.1) is 5.38 Å². The molecule has 1 fully saturated rings. The molecule has 0 amide bonds. The highest BCUT2D eigenvalue weighted by atomic mass is 35.5. The number of benzene rings is 1. The zero-order valence-corrected chi connectivity index (χ0v) is 12.8. The molecule has 1 saturated carbocycles. The van der Waals surface area contributed by atoms with E-state index in [4.69, 9.17) is 11.6 Å². The normalized spacial score (nSPS) is 25.3. The minimum absolute atomic E-state index is 0.141. The lowest BCUT2D eigenvalue weighted by Crippen LogP contribution is -2.49. The van der Waals surface area contributed by atoms with E-state index in [1.165, 1.54) is 6.08 Å². The quantitative estimate of drug-likeness (QED) is 0.490. The highest BCUT2D eigenvalue weighted by Crippen LogP contribution is 2.38. The molecule has 0 N–H and O–H groups in total. The van der Waals surface area contributed by atoms with Crippen LogP contribution in [-0.4, -0.2) is 22.7 Å². The summed E-state index contributed by atoms with van der Waals surface area (Å²) in [4.78, 5) is 36.4. The van der Waals surface area contributed by atoms with Crippen LogP contribution in [0.2, 0.25) is 0 Å². The summed E-state index contributed by atoms with van der Waals surface area (Å²) >= 11 is 6.10. The van der Waals surface area contributed by atoms with Gasteiger partial charge in [-0.05, 0) is 17.1 Å². The highest BCUT2D eigenvalue weighted by Gasteiger charge is 2.48. The summed E-state index contributed by atoms with van der Waals surface area (Å²) in [5.41, 5.74) is 0.236. The van der Waals surface area contributed by atoms with E-state index in [1.807, 2.05) is 30.3 Å². The molecular formula is C17H17ClO3. The highest BCUT2D eigenvalue weighted by molar-refractivity contribution is 6.39. The van der Waals surface area contributed by atoms with Crippen LogP contribution >= 0.6 is 11.6 Å². The average molecular weight is 305 g/mol. The molecule has 2 atom stereocenters. The van der Waals surface area contributed by atoms with Crippen LogP contribution in [0.5, 0.6) is 0 Å². The van der Waals surface area contributed by atoms with E-state index in [0.717, 1.165) is 5.56 Å². The fourth-order valence-electron chi connectivity index (χ4n) is 2.47. The second-order valence-electron chi connectivity index (χ2n) is 5.98. The first kappa shape index (κ1) is 15.6. The lowest BCUT2D eigenvalue weighted by Gasteiger charge is -2.35. The molecule has 0 aromatic heterocycles.